The van der Waals surface area contributed by atoms with Crippen LogP contribution in [-0.2, 0) is 4.79 Å². The molecule has 0 aromatic heterocycles. The Hall–Kier alpha value is -0.610. The van der Waals surface area contributed by atoms with Gasteiger partial charge in [-0.15, -0.1) is 0 Å². The Morgan fingerprint density at radius 1 is 1.62 bits per heavy atom. The first kappa shape index (κ1) is 10.5. The molecule has 1 saturated heterocycles. The van der Waals surface area contributed by atoms with E-state index < -0.39 is 0 Å². The number of hydrazine groups is 1. The summed E-state index contributed by atoms with van der Waals surface area (Å²) in [7, 11) is 1.96. The van der Waals surface area contributed by atoms with E-state index in [1.807, 2.05) is 24.0 Å². The van der Waals surface area contributed by atoms with Crippen LogP contribution in [0.2, 0.25) is 0 Å². The van der Waals surface area contributed by atoms with Gasteiger partial charge in [0.15, 0.2) is 0 Å². The Bertz CT molecular complexity index is 182. The van der Waals surface area contributed by atoms with Crippen LogP contribution in [0.4, 0.5) is 0 Å². The monoisotopic (exact) mass is 185 g/mol. The Morgan fingerprint density at radius 3 is 2.85 bits per heavy atom. The Balaban J connectivity index is 2.40. The van der Waals surface area contributed by atoms with Crippen molar-refractivity contribution in [2.45, 2.75) is 32.2 Å². The lowest BCUT2D eigenvalue weighted by molar-refractivity contribution is -0.152. The lowest BCUT2D eigenvalue weighted by atomic mass is 10.2. The predicted octanol–water partition coefficient (Wildman–Crippen LogP) is 0.193. The molecule has 1 fully saturated rings. The average Bonchev–Trinajstić information content (AvgIpc) is 2.03. The van der Waals surface area contributed by atoms with Crippen LogP contribution in [0.1, 0.15) is 26.2 Å². The highest BCUT2D eigenvalue weighted by Crippen LogP contribution is 2.10. The van der Waals surface area contributed by atoms with Crippen LogP contribution >= 0.6 is 0 Å². The number of nitrogens with zero attached hydrogens (tertiary/aromatic N) is 2. The number of nitrogens with two attached hydrogens (primary N) is 1. The summed E-state index contributed by atoms with van der Waals surface area (Å²) in [6, 6.07) is 0.170. The van der Waals surface area contributed by atoms with Crippen molar-refractivity contribution in [3.05, 3.63) is 0 Å². The molecule has 1 heterocycles. The number of rotatable bonds is 3. The Morgan fingerprint density at radius 2 is 2.31 bits per heavy atom. The zero-order valence-electron chi connectivity index (χ0n) is 8.49. The van der Waals surface area contributed by atoms with E-state index in [9.17, 15) is 4.79 Å². The first-order valence-electron chi connectivity index (χ1n) is 4.88. The van der Waals surface area contributed by atoms with Gasteiger partial charge in [0.2, 0.25) is 5.91 Å². The lowest BCUT2D eigenvalue weighted by Crippen LogP contribution is -2.49. The molecule has 4 nitrogen and oxygen atoms in total. The molecule has 0 bridgehead atoms. The normalized spacial score (nSPS) is 22.1. The van der Waals surface area contributed by atoms with Crippen molar-refractivity contribution in [3.63, 3.8) is 0 Å². The largest absolute Gasteiger partial charge is 0.328 e. The zero-order chi connectivity index (χ0) is 9.84. The second kappa shape index (κ2) is 4.58. The van der Waals surface area contributed by atoms with Crippen molar-refractivity contribution in [3.8, 4) is 0 Å². The second-order valence-electron chi connectivity index (χ2n) is 3.77. The van der Waals surface area contributed by atoms with Gasteiger partial charge >= 0.3 is 0 Å². The van der Waals surface area contributed by atoms with Gasteiger partial charge in [-0.05, 0) is 19.8 Å². The summed E-state index contributed by atoms with van der Waals surface area (Å²) in [4.78, 5) is 11.5. The van der Waals surface area contributed by atoms with E-state index in [1.54, 1.807) is 0 Å². The summed E-state index contributed by atoms with van der Waals surface area (Å²) in [6.07, 6.45) is 2.53. The van der Waals surface area contributed by atoms with E-state index in [2.05, 4.69) is 0 Å². The fourth-order valence-electron chi connectivity index (χ4n) is 1.52. The van der Waals surface area contributed by atoms with Crippen LogP contribution in [0.3, 0.4) is 0 Å². The third kappa shape index (κ3) is 2.97. The summed E-state index contributed by atoms with van der Waals surface area (Å²) in [5.41, 5.74) is 5.64. The molecular weight excluding hydrogens is 166 g/mol. The maximum Gasteiger partial charge on any atom is 0.236 e. The molecule has 1 amide bonds. The molecule has 1 unspecified atom stereocenters. The van der Waals surface area contributed by atoms with E-state index >= 15 is 0 Å². The van der Waals surface area contributed by atoms with Crippen LogP contribution in [-0.4, -0.2) is 42.1 Å². The third-order valence-electron chi connectivity index (χ3n) is 2.37. The molecule has 1 atom stereocenters. The first-order valence-corrected chi connectivity index (χ1v) is 4.88. The highest BCUT2D eigenvalue weighted by Gasteiger charge is 2.22. The molecule has 0 spiro atoms. The van der Waals surface area contributed by atoms with E-state index in [1.165, 1.54) is 0 Å². The number of amides is 1. The minimum Gasteiger partial charge on any atom is -0.328 e. The van der Waals surface area contributed by atoms with Gasteiger partial charge in [0.1, 0.15) is 0 Å². The summed E-state index contributed by atoms with van der Waals surface area (Å²) < 4.78 is 0. The van der Waals surface area contributed by atoms with Crippen LogP contribution in [0.5, 0.6) is 0 Å². The number of hydrogen-bond acceptors (Lipinski definition) is 3. The first-order chi connectivity index (χ1) is 6.11. The summed E-state index contributed by atoms with van der Waals surface area (Å²) in [5, 5.41) is 3.81. The van der Waals surface area contributed by atoms with Gasteiger partial charge in [0, 0.05) is 32.6 Å². The maximum absolute atomic E-state index is 11.5. The van der Waals surface area contributed by atoms with E-state index in [4.69, 9.17) is 5.73 Å². The number of carbonyl (C=O) groups excluding carboxylic acids is 1. The molecule has 1 aliphatic heterocycles. The third-order valence-corrected chi connectivity index (χ3v) is 2.37. The van der Waals surface area contributed by atoms with Crippen molar-refractivity contribution in [2.75, 3.05) is 20.1 Å². The Kier molecular flexibility index (Phi) is 3.69. The van der Waals surface area contributed by atoms with Crippen LogP contribution in [0, 0.1) is 0 Å². The van der Waals surface area contributed by atoms with E-state index in [-0.39, 0.29) is 11.9 Å². The minimum atomic E-state index is 0.170. The molecule has 1 aliphatic rings. The Labute approximate surface area is 79.6 Å². The molecule has 0 saturated carbocycles. The second-order valence-corrected chi connectivity index (χ2v) is 3.77. The smallest absolute Gasteiger partial charge is 0.236 e. The van der Waals surface area contributed by atoms with E-state index in [0.717, 1.165) is 25.9 Å². The molecule has 0 radical (unpaired) electrons. The molecule has 0 aliphatic carbocycles. The van der Waals surface area contributed by atoms with Crippen molar-refractivity contribution < 1.29 is 4.79 Å². The van der Waals surface area contributed by atoms with E-state index in [0.29, 0.717) is 6.42 Å². The fraction of sp³-hybridized carbons (Fsp3) is 0.889. The molecule has 0 aromatic rings. The molecule has 1 rings (SSSR count). The quantitative estimate of drug-likeness (QED) is 0.683. The highest BCUT2D eigenvalue weighted by atomic mass is 16.2. The number of hydrogen-bond donors (Lipinski definition) is 1. The van der Waals surface area contributed by atoms with Gasteiger partial charge in [-0.3, -0.25) is 9.80 Å². The molecule has 4 heteroatoms. The van der Waals surface area contributed by atoms with Crippen LogP contribution in [0.15, 0.2) is 0 Å². The van der Waals surface area contributed by atoms with Crippen LogP contribution in [0.25, 0.3) is 0 Å². The minimum absolute atomic E-state index is 0.170. The SMILES string of the molecule is CC(N)CCN1C(=O)CCCN1C. The van der Waals surface area contributed by atoms with Gasteiger partial charge < -0.3 is 5.73 Å². The van der Waals surface area contributed by atoms with Gasteiger partial charge in [0.25, 0.3) is 0 Å². The fourth-order valence-corrected chi connectivity index (χ4v) is 1.52. The maximum atomic E-state index is 11.5. The van der Waals surface area contributed by atoms with Crippen molar-refractivity contribution >= 4 is 5.91 Å². The summed E-state index contributed by atoms with van der Waals surface area (Å²) in [6.45, 7) is 3.70. The molecule has 2 N–H and O–H groups in total. The average molecular weight is 185 g/mol. The highest BCUT2D eigenvalue weighted by molar-refractivity contribution is 5.76. The zero-order valence-corrected chi connectivity index (χ0v) is 8.49. The standard InChI is InChI=1S/C9H19N3O/c1-8(10)5-7-12-9(13)4-3-6-11(12)2/h8H,3-7,10H2,1-2H3. The van der Waals surface area contributed by atoms with Crippen LogP contribution < -0.4 is 5.73 Å². The summed E-state index contributed by atoms with van der Waals surface area (Å²) >= 11 is 0. The van der Waals surface area contributed by atoms with Crippen molar-refractivity contribution in [1.82, 2.24) is 10.0 Å². The number of carbonyl (C=O) groups is 1. The van der Waals surface area contributed by atoms with Gasteiger partial charge in [0.05, 0.1) is 0 Å². The topological polar surface area (TPSA) is 49.6 Å². The molecule has 13 heavy (non-hydrogen) atoms. The molecular formula is C9H19N3O. The van der Waals surface area contributed by atoms with Crippen molar-refractivity contribution in [2.24, 2.45) is 5.73 Å². The predicted molar refractivity (Wildman–Crippen MR) is 51.8 cm³/mol. The molecule has 76 valence electrons. The van der Waals surface area contributed by atoms with Gasteiger partial charge in [-0.1, -0.05) is 0 Å². The lowest BCUT2D eigenvalue weighted by Gasteiger charge is -2.36. The van der Waals surface area contributed by atoms with Crippen molar-refractivity contribution in [1.29, 1.82) is 0 Å². The van der Waals surface area contributed by atoms with Gasteiger partial charge in [-0.25, -0.2) is 5.01 Å². The van der Waals surface area contributed by atoms with Gasteiger partial charge in [-0.2, -0.15) is 0 Å². The molecule has 0 aromatic carbocycles. The summed E-state index contributed by atoms with van der Waals surface area (Å²) in [5.74, 6) is 0.231.